The summed E-state index contributed by atoms with van der Waals surface area (Å²) in [4.78, 5) is 20.8. The minimum atomic E-state index is -0.341. The Labute approximate surface area is 141 Å². The van der Waals surface area contributed by atoms with Crippen LogP contribution in [0.4, 0.5) is 5.69 Å². The van der Waals surface area contributed by atoms with Crippen LogP contribution in [0.1, 0.15) is 27.6 Å². The highest BCUT2D eigenvalue weighted by atomic mass is 127. The summed E-state index contributed by atoms with van der Waals surface area (Å²) in [6, 6.07) is 7.71. The molecule has 0 spiro atoms. The SMILES string of the molecule is Cc1cc(C)n2nc(C(=O)Nc3ccc(I)cc3C)nc2n1. The van der Waals surface area contributed by atoms with Crippen LogP contribution in [-0.4, -0.2) is 25.5 Å². The first-order valence-electron chi connectivity index (χ1n) is 6.72. The van der Waals surface area contributed by atoms with Gasteiger partial charge in [-0.25, -0.2) is 9.50 Å². The van der Waals surface area contributed by atoms with Crippen molar-refractivity contribution in [2.75, 3.05) is 5.32 Å². The fraction of sp³-hybridized carbons (Fsp3) is 0.200. The summed E-state index contributed by atoms with van der Waals surface area (Å²) < 4.78 is 2.69. The average Bonchev–Trinajstić information content (AvgIpc) is 2.86. The zero-order chi connectivity index (χ0) is 15.9. The summed E-state index contributed by atoms with van der Waals surface area (Å²) >= 11 is 2.23. The number of amides is 1. The van der Waals surface area contributed by atoms with E-state index in [1.807, 2.05) is 45.0 Å². The third-order valence-corrected chi connectivity index (χ3v) is 3.93. The van der Waals surface area contributed by atoms with E-state index in [2.05, 4.69) is 43.0 Å². The molecular weight excluding hydrogens is 393 g/mol. The van der Waals surface area contributed by atoms with Gasteiger partial charge in [-0.15, -0.1) is 5.10 Å². The molecule has 2 heterocycles. The Morgan fingerprint density at radius 2 is 1.95 bits per heavy atom. The second kappa shape index (κ2) is 5.64. The third-order valence-electron chi connectivity index (χ3n) is 3.26. The largest absolute Gasteiger partial charge is 0.319 e. The lowest BCUT2D eigenvalue weighted by Crippen LogP contribution is -2.14. The monoisotopic (exact) mass is 407 g/mol. The molecule has 3 rings (SSSR count). The van der Waals surface area contributed by atoms with Gasteiger partial charge in [0.1, 0.15) is 0 Å². The van der Waals surface area contributed by atoms with Gasteiger partial charge in [0.15, 0.2) is 0 Å². The fourth-order valence-corrected chi connectivity index (χ4v) is 2.85. The average molecular weight is 407 g/mol. The number of carbonyl (C=O) groups is 1. The number of halogens is 1. The number of fused-ring (bicyclic) bond motifs is 1. The number of hydrogen-bond donors (Lipinski definition) is 1. The molecule has 112 valence electrons. The van der Waals surface area contributed by atoms with Gasteiger partial charge in [0.05, 0.1) is 0 Å². The number of anilines is 1. The molecule has 0 aliphatic heterocycles. The topological polar surface area (TPSA) is 72.2 Å². The van der Waals surface area contributed by atoms with Crippen LogP contribution in [0.25, 0.3) is 5.78 Å². The van der Waals surface area contributed by atoms with E-state index in [1.165, 1.54) is 0 Å². The van der Waals surface area contributed by atoms with Gasteiger partial charge >= 0.3 is 0 Å². The van der Waals surface area contributed by atoms with Crippen molar-refractivity contribution >= 4 is 40.0 Å². The Morgan fingerprint density at radius 1 is 1.18 bits per heavy atom. The second-order valence-corrected chi connectivity index (χ2v) is 6.35. The molecule has 6 nitrogen and oxygen atoms in total. The Kier molecular flexibility index (Phi) is 3.81. The zero-order valence-corrected chi connectivity index (χ0v) is 14.5. The molecule has 1 N–H and O–H groups in total. The van der Waals surface area contributed by atoms with Crippen molar-refractivity contribution in [1.29, 1.82) is 0 Å². The van der Waals surface area contributed by atoms with Gasteiger partial charge in [-0.05, 0) is 73.2 Å². The normalized spacial score (nSPS) is 10.9. The summed E-state index contributed by atoms with van der Waals surface area (Å²) in [5.41, 5.74) is 3.48. The molecule has 22 heavy (non-hydrogen) atoms. The van der Waals surface area contributed by atoms with Crippen LogP contribution >= 0.6 is 22.6 Å². The van der Waals surface area contributed by atoms with Crippen molar-refractivity contribution in [2.45, 2.75) is 20.8 Å². The van der Waals surface area contributed by atoms with Gasteiger partial charge in [-0.3, -0.25) is 4.79 Å². The maximum absolute atomic E-state index is 12.3. The van der Waals surface area contributed by atoms with E-state index < -0.39 is 0 Å². The number of carbonyl (C=O) groups excluding carboxylic acids is 1. The van der Waals surface area contributed by atoms with E-state index in [4.69, 9.17) is 0 Å². The summed E-state index contributed by atoms with van der Waals surface area (Å²) in [6.07, 6.45) is 0. The number of rotatable bonds is 2. The van der Waals surface area contributed by atoms with E-state index in [1.54, 1.807) is 4.52 Å². The first kappa shape index (κ1) is 14.9. The summed E-state index contributed by atoms with van der Waals surface area (Å²) in [5, 5.41) is 7.07. The van der Waals surface area contributed by atoms with Crippen LogP contribution in [0.15, 0.2) is 24.3 Å². The summed E-state index contributed by atoms with van der Waals surface area (Å²) in [7, 11) is 0. The van der Waals surface area contributed by atoms with Crippen molar-refractivity contribution in [3.8, 4) is 0 Å². The Morgan fingerprint density at radius 3 is 2.68 bits per heavy atom. The Balaban J connectivity index is 1.93. The molecule has 2 aromatic heterocycles. The molecule has 0 atom stereocenters. The molecule has 0 unspecified atom stereocenters. The number of benzene rings is 1. The van der Waals surface area contributed by atoms with E-state index in [9.17, 15) is 4.79 Å². The Hall–Kier alpha value is -2.03. The van der Waals surface area contributed by atoms with E-state index in [0.717, 1.165) is 26.2 Å². The predicted octanol–water partition coefficient (Wildman–Crippen LogP) is 2.91. The maximum atomic E-state index is 12.3. The first-order chi connectivity index (χ1) is 10.4. The van der Waals surface area contributed by atoms with Crippen molar-refractivity contribution in [2.24, 2.45) is 0 Å². The highest BCUT2D eigenvalue weighted by Gasteiger charge is 2.15. The molecule has 3 aromatic rings. The minimum absolute atomic E-state index is 0.110. The number of hydrogen-bond acceptors (Lipinski definition) is 4. The van der Waals surface area contributed by atoms with Crippen molar-refractivity contribution < 1.29 is 4.79 Å². The molecule has 1 amide bonds. The number of nitrogens with one attached hydrogen (secondary N) is 1. The lowest BCUT2D eigenvalue weighted by molar-refractivity contribution is 0.101. The van der Waals surface area contributed by atoms with Crippen LogP contribution in [0.2, 0.25) is 0 Å². The quantitative estimate of drug-likeness (QED) is 0.664. The summed E-state index contributed by atoms with van der Waals surface area (Å²) in [5.74, 6) is 0.202. The fourth-order valence-electron chi connectivity index (χ4n) is 2.21. The van der Waals surface area contributed by atoms with Crippen LogP contribution in [0, 0.1) is 24.3 Å². The molecule has 0 radical (unpaired) electrons. The van der Waals surface area contributed by atoms with Crippen LogP contribution in [0.5, 0.6) is 0 Å². The summed E-state index contributed by atoms with van der Waals surface area (Å²) in [6.45, 7) is 5.74. The molecule has 0 aliphatic rings. The van der Waals surface area contributed by atoms with Gasteiger partial charge in [0.25, 0.3) is 11.7 Å². The molecule has 0 saturated heterocycles. The zero-order valence-electron chi connectivity index (χ0n) is 12.4. The van der Waals surface area contributed by atoms with Gasteiger partial charge in [-0.1, -0.05) is 0 Å². The van der Waals surface area contributed by atoms with Gasteiger partial charge in [-0.2, -0.15) is 4.98 Å². The van der Waals surface area contributed by atoms with Crippen LogP contribution in [0.3, 0.4) is 0 Å². The standard InChI is InChI=1S/C15H14IN5O/c1-8-6-11(16)4-5-12(8)18-14(22)13-19-15-17-9(2)7-10(3)21(15)20-13/h4-7H,1-3H3,(H,18,22). The van der Waals surface area contributed by atoms with Gasteiger partial charge in [0.2, 0.25) is 5.82 Å². The number of aryl methyl sites for hydroxylation is 3. The van der Waals surface area contributed by atoms with Crippen LogP contribution < -0.4 is 5.32 Å². The van der Waals surface area contributed by atoms with Crippen molar-refractivity contribution in [3.05, 3.63) is 50.6 Å². The molecule has 7 heteroatoms. The third kappa shape index (κ3) is 2.80. The van der Waals surface area contributed by atoms with Crippen molar-refractivity contribution in [3.63, 3.8) is 0 Å². The highest BCUT2D eigenvalue weighted by molar-refractivity contribution is 14.1. The van der Waals surface area contributed by atoms with Crippen molar-refractivity contribution in [1.82, 2.24) is 19.6 Å². The number of aromatic nitrogens is 4. The molecule has 1 aromatic carbocycles. The van der Waals surface area contributed by atoms with Gasteiger partial charge < -0.3 is 5.32 Å². The molecule has 0 bridgehead atoms. The van der Waals surface area contributed by atoms with Gasteiger partial charge in [0, 0.05) is 20.6 Å². The van der Waals surface area contributed by atoms with E-state index in [0.29, 0.717) is 5.78 Å². The molecule has 0 saturated carbocycles. The maximum Gasteiger partial charge on any atom is 0.295 e. The predicted molar refractivity (Wildman–Crippen MR) is 92.1 cm³/mol. The van der Waals surface area contributed by atoms with E-state index in [-0.39, 0.29) is 11.7 Å². The van der Waals surface area contributed by atoms with E-state index >= 15 is 0 Å². The Bertz CT molecular complexity index is 887. The smallest absolute Gasteiger partial charge is 0.295 e. The first-order valence-corrected chi connectivity index (χ1v) is 7.80. The second-order valence-electron chi connectivity index (χ2n) is 5.10. The highest BCUT2D eigenvalue weighted by Crippen LogP contribution is 2.18. The van der Waals surface area contributed by atoms with Crippen LogP contribution in [-0.2, 0) is 0 Å². The molecule has 0 fully saturated rings. The lowest BCUT2D eigenvalue weighted by atomic mass is 10.2. The number of nitrogens with zero attached hydrogens (tertiary/aromatic N) is 4. The lowest BCUT2D eigenvalue weighted by Gasteiger charge is -2.06. The molecular formula is C15H14IN5O. The molecule has 0 aliphatic carbocycles. The minimum Gasteiger partial charge on any atom is -0.319 e.